The zero-order chi connectivity index (χ0) is 13.3. The molecule has 7 heteroatoms. The standard InChI is InChI=1S/C11H16N2O4S/c12-9-3-1-8(2-4-9)7-18(16,17)13-5-10(14)11(15)6-13/h1-4,10-11,14-15H,5-7,12H2. The third-order valence-electron chi connectivity index (χ3n) is 2.95. The molecule has 2 unspecified atom stereocenters. The van der Waals surface area contributed by atoms with E-state index in [-0.39, 0.29) is 18.8 Å². The smallest absolute Gasteiger partial charge is 0.218 e. The molecule has 18 heavy (non-hydrogen) atoms. The Morgan fingerprint density at radius 3 is 2.17 bits per heavy atom. The van der Waals surface area contributed by atoms with Gasteiger partial charge in [0.25, 0.3) is 0 Å². The molecule has 1 aromatic rings. The number of hydrogen-bond acceptors (Lipinski definition) is 5. The summed E-state index contributed by atoms with van der Waals surface area (Å²) in [5.41, 5.74) is 6.72. The molecule has 2 atom stereocenters. The van der Waals surface area contributed by atoms with E-state index in [2.05, 4.69) is 0 Å². The van der Waals surface area contributed by atoms with Gasteiger partial charge in [0, 0.05) is 18.8 Å². The van der Waals surface area contributed by atoms with Gasteiger partial charge in [-0.3, -0.25) is 0 Å². The molecular weight excluding hydrogens is 256 g/mol. The van der Waals surface area contributed by atoms with E-state index < -0.39 is 22.2 Å². The van der Waals surface area contributed by atoms with Gasteiger partial charge >= 0.3 is 0 Å². The molecule has 1 fully saturated rings. The number of hydrogen-bond donors (Lipinski definition) is 3. The maximum absolute atomic E-state index is 12.1. The summed E-state index contributed by atoms with van der Waals surface area (Å²) in [5, 5.41) is 18.7. The summed E-state index contributed by atoms with van der Waals surface area (Å²) in [6, 6.07) is 6.57. The summed E-state index contributed by atoms with van der Waals surface area (Å²) in [6.45, 7) is -0.114. The Morgan fingerprint density at radius 2 is 1.67 bits per heavy atom. The molecule has 0 aromatic heterocycles. The average Bonchev–Trinajstić information content (AvgIpc) is 2.63. The van der Waals surface area contributed by atoms with Gasteiger partial charge in [0.1, 0.15) is 0 Å². The van der Waals surface area contributed by atoms with Crippen molar-refractivity contribution >= 4 is 15.7 Å². The van der Waals surface area contributed by atoms with Crippen LogP contribution in [-0.4, -0.2) is 48.2 Å². The molecule has 0 saturated carbocycles. The molecule has 0 radical (unpaired) electrons. The molecule has 0 amide bonds. The van der Waals surface area contributed by atoms with Gasteiger partial charge in [-0.05, 0) is 17.7 Å². The van der Waals surface area contributed by atoms with Gasteiger partial charge < -0.3 is 15.9 Å². The Balaban J connectivity index is 2.10. The van der Waals surface area contributed by atoms with Gasteiger partial charge in [-0.2, -0.15) is 4.31 Å². The second kappa shape index (κ2) is 4.85. The first kappa shape index (κ1) is 13.3. The van der Waals surface area contributed by atoms with E-state index in [0.29, 0.717) is 11.3 Å². The Hall–Kier alpha value is -1.15. The van der Waals surface area contributed by atoms with Gasteiger partial charge in [0.15, 0.2) is 0 Å². The van der Waals surface area contributed by atoms with Crippen LogP contribution in [-0.2, 0) is 15.8 Å². The number of nitrogens with zero attached hydrogens (tertiary/aromatic N) is 1. The van der Waals surface area contributed by atoms with Crippen molar-refractivity contribution < 1.29 is 18.6 Å². The highest BCUT2D eigenvalue weighted by Crippen LogP contribution is 2.18. The summed E-state index contributed by atoms with van der Waals surface area (Å²) >= 11 is 0. The molecular formula is C11H16N2O4S. The van der Waals surface area contributed by atoms with E-state index in [1.165, 1.54) is 0 Å². The van der Waals surface area contributed by atoms with Crippen molar-refractivity contribution in [3.05, 3.63) is 29.8 Å². The van der Waals surface area contributed by atoms with Gasteiger partial charge in [0.05, 0.1) is 18.0 Å². The number of aliphatic hydroxyl groups excluding tert-OH is 2. The topological polar surface area (TPSA) is 104 Å². The highest BCUT2D eigenvalue weighted by Gasteiger charge is 2.36. The molecule has 0 bridgehead atoms. The van der Waals surface area contributed by atoms with Crippen LogP contribution in [0.5, 0.6) is 0 Å². The highest BCUT2D eigenvalue weighted by molar-refractivity contribution is 7.88. The maximum atomic E-state index is 12.1. The van der Waals surface area contributed by atoms with Crippen molar-refractivity contribution in [3.63, 3.8) is 0 Å². The van der Waals surface area contributed by atoms with Crippen LogP contribution < -0.4 is 5.73 Å². The minimum atomic E-state index is -3.52. The predicted molar refractivity (Wildman–Crippen MR) is 67.1 cm³/mol. The quantitative estimate of drug-likeness (QED) is 0.621. The van der Waals surface area contributed by atoms with Gasteiger partial charge in [0.2, 0.25) is 10.0 Å². The van der Waals surface area contributed by atoms with Crippen molar-refractivity contribution in [2.45, 2.75) is 18.0 Å². The molecule has 1 aliphatic rings. The average molecular weight is 272 g/mol. The fourth-order valence-corrected chi connectivity index (χ4v) is 3.43. The number of aliphatic hydroxyl groups is 2. The molecule has 0 aliphatic carbocycles. The first-order chi connectivity index (χ1) is 8.38. The fraction of sp³-hybridized carbons (Fsp3) is 0.455. The highest BCUT2D eigenvalue weighted by atomic mass is 32.2. The number of nitrogen functional groups attached to an aromatic ring is 1. The molecule has 100 valence electrons. The summed E-state index contributed by atoms with van der Waals surface area (Å²) in [5.74, 6) is -0.160. The Kier molecular flexibility index (Phi) is 3.58. The van der Waals surface area contributed by atoms with Crippen LogP contribution in [0.15, 0.2) is 24.3 Å². The van der Waals surface area contributed by atoms with E-state index in [1.54, 1.807) is 24.3 Å². The minimum Gasteiger partial charge on any atom is -0.399 e. The van der Waals surface area contributed by atoms with E-state index in [1.807, 2.05) is 0 Å². The van der Waals surface area contributed by atoms with Crippen LogP contribution in [0, 0.1) is 0 Å². The lowest BCUT2D eigenvalue weighted by Crippen LogP contribution is -2.31. The van der Waals surface area contributed by atoms with Crippen LogP contribution in [0.2, 0.25) is 0 Å². The zero-order valence-electron chi connectivity index (χ0n) is 9.73. The normalized spacial score (nSPS) is 25.4. The zero-order valence-corrected chi connectivity index (χ0v) is 10.5. The largest absolute Gasteiger partial charge is 0.399 e. The summed E-state index contributed by atoms with van der Waals surface area (Å²) in [4.78, 5) is 0. The molecule has 0 spiro atoms. The fourth-order valence-electron chi connectivity index (χ4n) is 1.88. The Labute approximate surface area is 106 Å². The molecule has 6 nitrogen and oxygen atoms in total. The first-order valence-electron chi connectivity index (χ1n) is 5.57. The monoisotopic (exact) mass is 272 g/mol. The molecule has 1 heterocycles. The maximum Gasteiger partial charge on any atom is 0.218 e. The van der Waals surface area contributed by atoms with Gasteiger partial charge in [-0.1, -0.05) is 12.1 Å². The van der Waals surface area contributed by atoms with Crippen molar-refractivity contribution in [2.75, 3.05) is 18.8 Å². The lowest BCUT2D eigenvalue weighted by Gasteiger charge is -2.15. The summed E-state index contributed by atoms with van der Waals surface area (Å²) in [6.07, 6.45) is -2.02. The molecule has 1 saturated heterocycles. The number of rotatable bonds is 3. The summed E-state index contributed by atoms with van der Waals surface area (Å²) < 4.78 is 25.2. The second-order valence-electron chi connectivity index (χ2n) is 4.45. The summed E-state index contributed by atoms with van der Waals surface area (Å²) in [7, 11) is -3.52. The number of β-amino-alcohol motifs (C(OH)–C–C–N with tert-alkyl or cyclic N) is 2. The molecule has 1 aromatic carbocycles. The van der Waals surface area contributed by atoms with Gasteiger partial charge in [-0.15, -0.1) is 0 Å². The van der Waals surface area contributed by atoms with Gasteiger partial charge in [-0.25, -0.2) is 8.42 Å². The van der Waals surface area contributed by atoms with Crippen LogP contribution in [0.1, 0.15) is 5.56 Å². The van der Waals surface area contributed by atoms with Crippen LogP contribution in [0.3, 0.4) is 0 Å². The molecule has 2 rings (SSSR count). The first-order valence-corrected chi connectivity index (χ1v) is 7.18. The number of anilines is 1. The van der Waals surface area contributed by atoms with Crippen molar-refractivity contribution in [3.8, 4) is 0 Å². The number of sulfonamides is 1. The van der Waals surface area contributed by atoms with E-state index in [0.717, 1.165) is 4.31 Å². The van der Waals surface area contributed by atoms with E-state index in [9.17, 15) is 18.6 Å². The van der Waals surface area contributed by atoms with Crippen molar-refractivity contribution in [1.82, 2.24) is 4.31 Å². The lowest BCUT2D eigenvalue weighted by atomic mass is 10.2. The third kappa shape index (κ3) is 2.81. The third-order valence-corrected chi connectivity index (χ3v) is 4.73. The predicted octanol–water partition coefficient (Wildman–Crippen LogP) is -0.864. The van der Waals surface area contributed by atoms with E-state index in [4.69, 9.17) is 5.73 Å². The second-order valence-corrected chi connectivity index (χ2v) is 6.42. The Morgan fingerprint density at radius 1 is 1.17 bits per heavy atom. The van der Waals surface area contributed by atoms with E-state index >= 15 is 0 Å². The van der Waals surface area contributed by atoms with Crippen molar-refractivity contribution in [2.24, 2.45) is 0 Å². The van der Waals surface area contributed by atoms with Crippen LogP contribution >= 0.6 is 0 Å². The minimum absolute atomic E-state index is 0.0571. The van der Waals surface area contributed by atoms with Crippen LogP contribution in [0.25, 0.3) is 0 Å². The lowest BCUT2D eigenvalue weighted by molar-refractivity contribution is 0.0572. The Bertz CT molecular complexity index is 504. The molecule has 4 N–H and O–H groups in total. The van der Waals surface area contributed by atoms with Crippen LogP contribution in [0.4, 0.5) is 5.69 Å². The SMILES string of the molecule is Nc1ccc(CS(=O)(=O)N2CC(O)C(O)C2)cc1. The van der Waals surface area contributed by atoms with Crippen molar-refractivity contribution in [1.29, 1.82) is 0 Å². The number of benzene rings is 1. The molecule has 1 aliphatic heterocycles. The number of nitrogens with two attached hydrogens (primary N) is 1.